The van der Waals surface area contributed by atoms with Gasteiger partial charge in [0.15, 0.2) is 0 Å². The van der Waals surface area contributed by atoms with E-state index in [0.717, 1.165) is 0 Å². The summed E-state index contributed by atoms with van der Waals surface area (Å²) < 4.78 is 0. The van der Waals surface area contributed by atoms with E-state index in [4.69, 9.17) is 0 Å². The maximum atomic E-state index is 2.30. The largest absolute Gasteiger partial charge is 1.00 e. The SMILES string of the molecule is [Cl-].[Ir+].c1ccc(P(CCP(c2ccccc2)c2ccccc2)c2ccccc2)cc1. The molecule has 0 radical (unpaired) electrons. The van der Waals surface area contributed by atoms with Crippen molar-refractivity contribution in [3.05, 3.63) is 121 Å². The zero-order chi connectivity index (χ0) is 19.0. The van der Waals surface area contributed by atoms with Gasteiger partial charge < -0.3 is 12.4 Å². The molecule has 0 saturated heterocycles. The van der Waals surface area contributed by atoms with Gasteiger partial charge in [-0.05, 0) is 49.4 Å². The Morgan fingerprint density at radius 2 is 0.567 bits per heavy atom. The van der Waals surface area contributed by atoms with E-state index in [2.05, 4.69) is 121 Å². The van der Waals surface area contributed by atoms with Gasteiger partial charge in [-0.25, -0.2) is 0 Å². The molecule has 0 atom stereocenters. The van der Waals surface area contributed by atoms with Gasteiger partial charge in [0, 0.05) is 0 Å². The van der Waals surface area contributed by atoms with Crippen molar-refractivity contribution in [2.24, 2.45) is 0 Å². The van der Waals surface area contributed by atoms with Gasteiger partial charge in [0.2, 0.25) is 0 Å². The van der Waals surface area contributed by atoms with Crippen molar-refractivity contribution in [1.29, 1.82) is 0 Å². The zero-order valence-electron chi connectivity index (χ0n) is 16.6. The molecule has 0 spiro atoms. The fraction of sp³-hybridized carbons (Fsp3) is 0.0769. The topological polar surface area (TPSA) is 0 Å². The van der Waals surface area contributed by atoms with Crippen molar-refractivity contribution in [2.75, 3.05) is 12.3 Å². The molecule has 0 bridgehead atoms. The van der Waals surface area contributed by atoms with Crippen LogP contribution in [0.5, 0.6) is 0 Å². The van der Waals surface area contributed by atoms with E-state index in [0.29, 0.717) is 0 Å². The minimum atomic E-state index is -0.348. The van der Waals surface area contributed by atoms with E-state index >= 15 is 0 Å². The van der Waals surface area contributed by atoms with Crippen molar-refractivity contribution in [1.82, 2.24) is 0 Å². The first-order valence-electron chi connectivity index (χ1n) is 9.67. The molecule has 0 nitrogen and oxygen atoms in total. The summed E-state index contributed by atoms with van der Waals surface area (Å²) in [4.78, 5) is 0. The fourth-order valence-electron chi connectivity index (χ4n) is 3.45. The molecule has 0 fully saturated rings. The number of hydrogen-bond donors (Lipinski definition) is 0. The Morgan fingerprint density at radius 3 is 0.767 bits per heavy atom. The van der Waals surface area contributed by atoms with Gasteiger partial charge in [-0.3, -0.25) is 0 Å². The quantitative estimate of drug-likeness (QED) is 0.277. The number of halogens is 1. The molecule has 0 aliphatic rings. The van der Waals surface area contributed by atoms with Crippen molar-refractivity contribution >= 4 is 37.1 Å². The van der Waals surface area contributed by atoms with Crippen LogP contribution in [0.2, 0.25) is 0 Å². The van der Waals surface area contributed by atoms with Gasteiger partial charge in [0.1, 0.15) is 0 Å². The first-order valence-corrected chi connectivity index (χ1v) is 12.7. The van der Waals surface area contributed by atoms with Crippen LogP contribution in [0.3, 0.4) is 0 Å². The van der Waals surface area contributed by atoms with E-state index in [1.165, 1.54) is 33.5 Å². The van der Waals surface area contributed by atoms with Crippen molar-refractivity contribution < 1.29 is 32.5 Å². The van der Waals surface area contributed by atoms with Gasteiger partial charge in [-0.1, -0.05) is 121 Å². The van der Waals surface area contributed by atoms with Crippen LogP contribution >= 0.6 is 15.8 Å². The molecule has 154 valence electrons. The first-order chi connectivity index (χ1) is 13.9. The average molecular weight is 626 g/mol. The standard InChI is InChI=1S/C26H24P2.ClH.Ir/c1-5-13-23(14-6-1)27(24-15-7-2-8-16-24)21-22-28(25-17-9-3-10-18-25)26-19-11-4-12-20-26;;/h1-20H,21-22H2;1H;/q;;+1/p-1. The van der Waals surface area contributed by atoms with Gasteiger partial charge in [0.05, 0.1) is 0 Å². The maximum absolute atomic E-state index is 2.30. The average Bonchev–Trinajstić information content (AvgIpc) is 2.79. The molecule has 4 heteroatoms. The Hall–Kier alpha value is -1.32. The van der Waals surface area contributed by atoms with Crippen LogP contribution in [0.1, 0.15) is 0 Å². The van der Waals surface area contributed by atoms with Crippen LogP contribution < -0.4 is 33.6 Å². The van der Waals surface area contributed by atoms with E-state index in [9.17, 15) is 0 Å². The van der Waals surface area contributed by atoms with E-state index in [1.807, 2.05) is 0 Å². The Morgan fingerprint density at radius 1 is 0.367 bits per heavy atom. The third kappa shape index (κ3) is 6.59. The number of benzene rings is 4. The first kappa shape index (κ1) is 24.9. The van der Waals surface area contributed by atoms with E-state index < -0.39 is 0 Å². The van der Waals surface area contributed by atoms with Crippen molar-refractivity contribution in [3.63, 3.8) is 0 Å². The predicted octanol–water partition coefficient (Wildman–Crippen LogP) is 2.25. The summed E-state index contributed by atoms with van der Waals surface area (Å²) in [5.41, 5.74) is 0. The molecule has 0 aliphatic heterocycles. The Labute approximate surface area is 202 Å². The number of hydrogen-bond acceptors (Lipinski definition) is 0. The third-order valence-electron chi connectivity index (χ3n) is 4.82. The van der Waals surface area contributed by atoms with E-state index in [-0.39, 0.29) is 48.4 Å². The van der Waals surface area contributed by atoms with Crippen molar-refractivity contribution in [3.8, 4) is 0 Å². The van der Waals surface area contributed by atoms with Gasteiger partial charge in [0.25, 0.3) is 0 Å². The summed E-state index contributed by atoms with van der Waals surface area (Å²) in [7, 11) is -0.696. The Bertz CT molecular complexity index is 805. The van der Waals surface area contributed by atoms with Crippen LogP contribution in [0.4, 0.5) is 0 Å². The van der Waals surface area contributed by atoms with Gasteiger partial charge in [-0.2, -0.15) is 0 Å². The molecular weight excluding hydrogens is 602 g/mol. The van der Waals surface area contributed by atoms with Crippen LogP contribution in [0.25, 0.3) is 0 Å². The molecule has 4 rings (SSSR count). The van der Waals surface area contributed by atoms with Crippen molar-refractivity contribution in [2.45, 2.75) is 0 Å². The minimum absolute atomic E-state index is 0. The molecule has 0 N–H and O–H groups in total. The molecule has 0 heterocycles. The fourth-order valence-corrected chi connectivity index (χ4v) is 8.80. The zero-order valence-corrected chi connectivity index (χ0v) is 21.5. The smallest absolute Gasteiger partial charge is 1.00 e. The van der Waals surface area contributed by atoms with Gasteiger partial charge in [-0.15, -0.1) is 0 Å². The molecule has 0 aromatic heterocycles. The molecule has 4 aromatic rings. The Kier molecular flexibility index (Phi) is 10.9. The summed E-state index contributed by atoms with van der Waals surface area (Å²) >= 11 is 0. The summed E-state index contributed by atoms with van der Waals surface area (Å²) in [5.74, 6) is 0. The maximum Gasteiger partial charge on any atom is 1.00 e. The predicted molar refractivity (Wildman–Crippen MR) is 128 cm³/mol. The summed E-state index contributed by atoms with van der Waals surface area (Å²) in [6, 6.07) is 44.2. The molecule has 30 heavy (non-hydrogen) atoms. The van der Waals surface area contributed by atoms with Gasteiger partial charge >= 0.3 is 20.1 Å². The molecule has 0 unspecified atom stereocenters. The second-order valence-corrected chi connectivity index (χ2v) is 11.3. The monoisotopic (exact) mass is 626 g/mol. The molecule has 0 amide bonds. The molecule has 0 saturated carbocycles. The van der Waals surface area contributed by atoms with Crippen LogP contribution in [0.15, 0.2) is 121 Å². The summed E-state index contributed by atoms with van der Waals surface area (Å²) in [6.45, 7) is 0. The second-order valence-electron chi connectivity index (χ2n) is 6.65. The summed E-state index contributed by atoms with van der Waals surface area (Å²) in [6.07, 6.45) is 2.41. The summed E-state index contributed by atoms with van der Waals surface area (Å²) in [5, 5.41) is 5.89. The third-order valence-corrected chi connectivity index (χ3v) is 10.2. The second kappa shape index (κ2) is 13.2. The normalized spacial score (nSPS) is 10.3. The van der Waals surface area contributed by atoms with Crippen LogP contribution in [0, 0.1) is 0 Å². The molecule has 0 aliphatic carbocycles. The van der Waals surface area contributed by atoms with Crippen LogP contribution in [-0.2, 0) is 20.1 Å². The number of rotatable bonds is 7. The minimum Gasteiger partial charge on any atom is -1.00 e. The molecular formula is C26H24ClIrP2. The Balaban J connectivity index is 0.00000160. The van der Waals surface area contributed by atoms with Crippen LogP contribution in [-0.4, -0.2) is 12.3 Å². The molecule has 4 aromatic carbocycles. The van der Waals surface area contributed by atoms with E-state index in [1.54, 1.807) is 0 Å².